The molecule has 158 valence electrons. The number of likely N-dealkylation sites (tertiary alicyclic amines) is 1. The summed E-state index contributed by atoms with van der Waals surface area (Å²) >= 11 is 0. The predicted octanol–water partition coefficient (Wildman–Crippen LogP) is 4.27. The smallest absolute Gasteiger partial charge is 0.255 e. The Labute approximate surface area is 170 Å². The molecule has 1 aliphatic carbocycles. The number of aryl methyl sites for hydroxylation is 1. The fraction of sp³-hybridized carbons (Fsp3) is 0.591. The van der Waals surface area contributed by atoms with Crippen LogP contribution in [0.1, 0.15) is 36.9 Å². The van der Waals surface area contributed by atoms with Gasteiger partial charge in [-0.25, -0.2) is 8.78 Å². The second kappa shape index (κ2) is 9.11. The maximum Gasteiger partial charge on any atom is 0.255 e. The number of anilines is 1. The fourth-order valence-corrected chi connectivity index (χ4v) is 4.40. The molecule has 0 radical (unpaired) electrons. The Morgan fingerprint density at radius 1 is 1.14 bits per heavy atom. The number of fused-ring (bicyclic) bond motifs is 2. The van der Waals surface area contributed by atoms with Crippen LogP contribution in [0.5, 0.6) is 11.5 Å². The lowest BCUT2D eigenvalue weighted by molar-refractivity contribution is 0.163. The number of methoxy groups -OCH3 is 1. The van der Waals surface area contributed by atoms with Crippen molar-refractivity contribution in [3.63, 3.8) is 0 Å². The number of benzene rings is 1. The summed E-state index contributed by atoms with van der Waals surface area (Å²) in [6.07, 6.45) is 3.87. The topological polar surface area (TPSA) is 46.6 Å². The highest BCUT2D eigenvalue weighted by atomic mass is 19.3. The molecule has 1 fully saturated rings. The molecule has 0 atom stereocenters. The second-order valence-corrected chi connectivity index (χ2v) is 7.81. The Bertz CT molecular complexity index is 854. The van der Waals surface area contributed by atoms with E-state index in [1.54, 1.807) is 7.11 Å². The number of nitrogens with one attached hydrogen (secondary N) is 1. The summed E-state index contributed by atoms with van der Waals surface area (Å²) in [5.41, 5.74) is 3.58. The minimum atomic E-state index is -2.41. The summed E-state index contributed by atoms with van der Waals surface area (Å²) in [5, 5.41) is 3.76. The van der Waals surface area contributed by atoms with Crippen molar-refractivity contribution >= 4 is 16.6 Å². The van der Waals surface area contributed by atoms with Gasteiger partial charge in [-0.1, -0.05) is 0 Å². The van der Waals surface area contributed by atoms with Gasteiger partial charge >= 0.3 is 0 Å². The van der Waals surface area contributed by atoms with E-state index in [4.69, 9.17) is 14.5 Å². The Morgan fingerprint density at radius 2 is 1.97 bits per heavy atom. The molecule has 2 aromatic rings. The van der Waals surface area contributed by atoms with Crippen molar-refractivity contribution in [3.05, 3.63) is 23.4 Å². The van der Waals surface area contributed by atoms with Gasteiger partial charge in [0.2, 0.25) is 0 Å². The average Bonchev–Trinajstić information content (AvgIpc) is 3.39. The number of hydrogen-bond donors (Lipinski definition) is 1. The van der Waals surface area contributed by atoms with Crippen LogP contribution >= 0.6 is 0 Å². The van der Waals surface area contributed by atoms with Crippen molar-refractivity contribution in [1.29, 1.82) is 0 Å². The third-order valence-electron chi connectivity index (χ3n) is 5.81. The van der Waals surface area contributed by atoms with Gasteiger partial charge in [-0.3, -0.25) is 4.98 Å². The minimum absolute atomic E-state index is 0.372. The van der Waals surface area contributed by atoms with Crippen LogP contribution in [-0.2, 0) is 12.8 Å². The van der Waals surface area contributed by atoms with Gasteiger partial charge in [-0.15, -0.1) is 0 Å². The molecular weight excluding hydrogens is 376 g/mol. The van der Waals surface area contributed by atoms with Crippen molar-refractivity contribution in [1.82, 2.24) is 9.88 Å². The lowest BCUT2D eigenvalue weighted by atomic mass is 10.1. The van der Waals surface area contributed by atoms with Gasteiger partial charge < -0.3 is 19.7 Å². The molecule has 2 aliphatic rings. The van der Waals surface area contributed by atoms with Crippen molar-refractivity contribution < 1.29 is 18.3 Å². The van der Waals surface area contributed by atoms with E-state index in [0.29, 0.717) is 18.1 Å². The SMILES string of the molecule is COc1cc2c(NCC(F)F)c3c(nc2cc1OCCCN1CCCC1)CCC3. The zero-order valence-electron chi connectivity index (χ0n) is 17.0. The maximum absolute atomic E-state index is 12.8. The first-order valence-corrected chi connectivity index (χ1v) is 10.6. The summed E-state index contributed by atoms with van der Waals surface area (Å²) < 4.78 is 37.2. The van der Waals surface area contributed by atoms with Crippen LogP contribution < -0.4 is 14.8 Å². The molecule has 2 heterocycles. The Hall–Kier alpha value is -2.15. The quantitative estimate of drug-likeness (QED) is 0.631. The molecule has 5 nitrogen and oxygen atoms in total. The molecule has 0 bridgehead atoms. The Balaban J connectivity index is 1.56. The van der Waals surface area contributed by atoms with Crippen molar-refractivity contribution in [3.8, 4) is 11.5 Å². The Kier molecular flexibility index (Phi) is 6.33. The largest absolute Gasteiger partial charge is 0.493 e. The molecule has 1 aromatic carbocycles. The van der Waals surface area contributed by atoms with Crippen molar-refractivity contribution in [2.45, 2.75) is 45.0 Å². The number of halogens is 2. The van der Waals surface area contributed by atoms with Crippen LogP contribution in [0.2, 0.25) is 0 Å². The van der Waals surface area contributed by atoms with E-state index in [1.165, 1.54) is 25.9 Å². The van der Waals surface area contributed by atoms with E-state index in [2.05, 4.69) is 10.2 Å². The monoisotopic (exact) mass is 405 g/mol. The van der Waals surface area contributed by atoms with Crippen LogP contribution in [0, 0.1) is 0 Å². The number of aromatic nitrogens is 1. The summed E-state index contributed by atoms with van der Waals surface area (Å²) in [7, 11) is 1.60. The lowest BCUT2D eigenvalue weighted by Gasteiger charge is -2.18. The van der Waals surface area contributed by atoms with Crippen LogP contribution in [-0.4, -0.2) is 56.2 Å². The first-order valence-electron chi connectivity index (χ1n) is 10.6. The number of rotatable bonds is 9. The van der Waals surface area contributed by atoms with Crippen molar-refractivity contribution in [2.75, 3.05) is 45.2 Å². The number of hydrogen-bond acceptors (Lipinski definition) is 5. The number of ether oxygens (including phenoxy) is 2. The molecule has 0 spiro atoms. The second-order valence-electron chi connectivity index (χ2n) is 7.81. The highest BCUT2D eigenvalue weighted by Crippen LogP contribution is 2.39. The molecule has 0 saturated carbocycles. The van der Waals surface area contributed by atoms with Crippen LogP contribution in [0.15, 0.2) is 12.1 Å². The van der Waals surface area contributed by atoms with Gasteiger partial charge in [0, 0.05) is 29.4 Å². The molecule has 4 rings (SSSR count). The standard InChI is InChI=1S/C22H29F2N3O2/c1-28-19-12-16-18(13-20(19)29-11-5-10-27-8-2-3-9-27)26-17-7-4-6-15(17)22(16)25-14-21(23)24/h12-13,21H,2-11,14H2,1H3,(H,25,26). The number of nitrogens with zero attached hydrogens (tertiary/aromatic N) is 2. The van der Waals surface area contributed by atoms with Gasteiger partial charge in [0.25, 0.3) is 6.43 Å². The first kappa shape index (κ1) is 20.1. The van der Waals surface area contributed by atoms with Gasteiger partial charge in [-0.2, -0.15) is 0 Å². The van der Waals surface area contributed by atoms with E-state index in [-0.39, 0.29) is 6.54 Å². The fourth-order valence-electron chi connectivity index (χ4n) is 4.40. The summed E-state index contributed by atoms with van der Waals surface area (Å²) in [4.78, 5) is 7.26. The van der Waals surface area contributed by atoms with Gasteiger partial charge in [0.15, 0.2) is 11.5 Å². The summed E-state index contributed by atoms with van der Waals surface area (Å²) in [6.45, 7) is 3.65. The van der Waals surface area contributed by atoms with E-state index in [9.17, 15) is 8.78 Å². The molecule has 1 aromatic heterocycles. The van der Waals surface area contributed by atoms with Crippen LogP contribution in [0.25, 0.3) is 10.9 Å². The zero-order chi connectivity index (χ0) is 20.2. The third-order valence-corrected chi connectivity index (χ3v) is 5.81. The van der Waals surface area contributed by atoms with Crippen LogP contribution in [0.4, 0.5) is 14.5 Å². The normalized spacial score (nSPS) is 16.6. The van der Waals surface area contributed by atoms with E-state index < -0.39 is 6.43 Å². The highest BCUT2D eigenvalue weighted by molar-refractivity contribution is 5.96. The summed E-state index contributed by atoms with van der Waals surface area (Å²) in [5.74, 6) is 1.27. The summed E-state index contributed by atoms with van der Waals surface area (Å²) in [6, 6.07) is 3.75. The number of pyridine rings is 1. The zero-order valence-corrected chi connectivity index (χ0v) is 17.0. The Morgan fingerprint density at radius 3 is 2.72 bits per heavy atom. The molecule has 7 heteroatoms. The maximum atomic E-state index is 12.8. The lowest BCUT2D eigenvalue weighted by Crippen LogP contribution is -2.21. The number of alkyl halides is 2. The van der Waals surface area contributed by atoms with Crippen molar-refractivity contribution in [2.24, 2.45) is 0 Å². The molecular formula is C22H29F2N3O2. The molecule has 1 N–H and O–H groups in total. The third kappa shape index (κ3) is 4.55. The predicted molar refractivity (Wildman–Crippen MR) is 111 cm³/mol. The average molecular weight is 405 g/mol. The first-order chi connectivity index (χ1) is 14.2. The van der Waals surface area contributed by atoms with Gasteiger partial charge in [0.1, 0.15) is 0 Å². The van der Waals surface area contributed by atoms with E-state index in [1.807, 2.05) is 12.1 Å². The van der Waals surface area contributed by atoms with Crippen LogP contribution in [0.3, 0.4) is 0 Å². The van der Waals surface area contributed by atoms with E-state index >= 15 is 0 Å². The molecule has 0 unspecified atom stereocenters. The molecule has 1 saturated heterocycles. The minimum Gasteiger partial charge on any atom is -0.493 e. The molecule has 0 amide bonds. The van der Waals surface area contributed by atoms with E-state index in [0.717, 1.165) is 60.1 Å². The highest BCUT2D eigenvalue weighted by Gasteiger charge is 2.22. The van der Waals surface area contributed by atoms with Gasteiger partial charge in [0.05, 0.1) is 25.8 Å². The molecule has 29 heavy (non-hydrogen) atoms. The van der Waals surface area contributed by atoms with Gasteiger partial charge in [-0.05, 0) is 63.2 Å². The molecule has 1 aliphatic heterocycles.